The molecule has 1 heterocycles. The maximum absolute atomic E-state index is 9.85. The molecule has 0 saturated heterocycles. The molecule has 1 N–H and O–H groups in total. The maximum atomic E-state index is 9.85. The van der Waals surface area contributed by atoms with E-state index in [1.807, 2.05) is 31.2 Å². The van der Waals surface area contributed by atoms with Crippen LogP contribution in [0.1, 0.15) is 30.9 Å². The van der Waals surface area contributed by atoms with Crippen molar-refractivity contribution in [3.05, 3.63) is 35.4 Å². The van der Waals surface area contributed by atoms with Gasteiger partial charge in [0.05, 0.1) is 28.4 Å². The number of hydrogen-bond acceptors (Lipinski definition) is 7. The molecule has 7 nitrogen and oxygen atoms in total. The third-order valence-corrected chi connectivity index (χ3v) is 5.80. The summed E-state index contributed by atoms with van der Waals surface area (Å²) in [5, 5.41) is 9.85. The number of aliphatic hydroxyl groups is 1. The van der Waals surface area contributed by atoms with Gasteiger partial charge in [0.1, 0.15) is 0 Å². The van der Waals surface area contributed by atoms with Gasteiger partial charge in [-0.3, -0.25) is 0 Å². The number of rotatable bonds is 9. The summed E-state index contributed by atoms with van der Waals surface area (Å²) in [5.74, 6) is 3.59. The van der Waals surface area contributed by atoms with Gasteiger partial charge in [0.2, 0.25) is 18.3 Å². The van der Waals surface area contributed by atoms with Gasteiger partial charge in [-0.05, 0) is 47.2 Å². The summed E-state index contributed by atoms with van der Waals surface area (Å²) in [6.07, 6.45) is 0. The normalized spacial score (nSPS) is 15.3. The van der Waals surface area contributed by atoms with Gasteiger partial charge in [0.25, 0.3) is 0 Å². The molecule has 0 fully saturated rings. The van der Waals surface area contributed by atoms with E-state index in [1.165, 1.54) is 0 Å². The second-order valence-electron chi connectivity index (χ2n) is 7.41. The molecular formula is C23H30O7. The molecule has 2 aromatic carbocycles. The van der Waals surface area contributed by atoms with Gasteiger partial charge in [-0.2, -0.15) is 0 Å². The average molecular weight is 418 g/mol. The zero-order chi connectivity index (χ0) is 21.8. The zero-order valence-electron chi connectivity index (χ0n) is 18.4. The summed E-state index contributed by atoms with van der Waals surface area (Å²) in [7, 11) is 6.38. The molecule has 3 rings (SSSR count). The lowest BCUT2D eigenvalue weighted by molar-refractivity contribution is 0.171. The van der Waals surface area contributed by atoms with Crippen LogP contribution < -0.4 is 28.4 Å². The van der Waals surface area contributed by atoms with E-state index in [4.69, 9.17) is 28.4 Å². The largest absolute Gasteiger partial charge is 0.493 e. The Morgan fingerprint density at radius 1 is 0.833 bits per heavy atom. The van der Waals surface area contributed by atoms with Gasteiger partial charge < -0.3 is 33.5 Å². The van der Waals surface area contributed by atoms with Crippen molar-refractivity contribution in [2.45, 2.75) is 19.8 Å². The van der Waals surface area contributed by atoms with Crippen LogP contribution in [0.15, 0.2) is 24.3 Å². The molecule has 0 bridgehead atoms. The van der Waals surface area contributed by atoms with E-state index in [9.17, 15) is 5.11 Å². The van der Waals surface area contributed by atoms with Gasteiger partial charge in [-0.1, -0.05) is 13.8 Å². The van der Waals surface area contributed by atoms with E-state index in [2.05, 4.69) is 6.92 Å². The van der Waals surface area contributed by atoms with Crippen molar-refractivity contribution in [1.29, 1.82) is 0 Å². The Balaban J connectivity index is 2.21. The van der Waals surface area contributed by atoms with Gasteiger partial charge in [0.15, 0.2) is 23.0 Å². The van der Waals surface area contributed by atoms with Crippen molar-refractivity contribution in [3.8, 4) is 34.5 Å². The SMILES string of the molecule is COc1cc(C(c2cc(OC)c3c(c2)OCO3)[C@H](C)[C@H](C)CO)cc(OC)c1OC. The monoisotopic (exact) mass is 418 g/mol. The fraction of sp³-hybridized carbons (Fsp3) is 0.478. The Morgan fingerprint density at radius 2 is 1.40 bits per heavy atom. The first-order valence-electron chi connectivity index (χ1n) is 9.87. The van der Waals surface area contributed by atoms with Crippen LogP contribution in [0.2, 0.25) is 0 Å². The highest BCUT2D eigenvalue weighted by Crippen LogP contribution is 2.48. The van der Waals surface area contributed by atoms with Crippen molar-refractivity contribution in [1.82, 2.24) is 0 Å². The molecule has 0 aromatic heterocycles. The smallest absolute Gasteiger partial charge is 0.231 e. The fourth-order valence-corrected chi connectivity index (χ4v) is 3.90. The molecule has 0 amide bonds. The molecular weight excluding hydrogens is 388 g/mol. The third-order valence-electron chi connectivity index (χ3n) is 5.80. The van der Waals surface area contributed by atoms with Crippen LogP contribution in [0, 0.1) is 11.8 Å². The van der Waals surface area contributed by atoms with Crippen molar-refractivity contribution >= 4 is 0 Å². The van der Waals surface area contributed by atoms with Gasteiger partial charge in [-0.15, -0.1) is 0 Å². The zero-order valence-corrected chi connectivity index (χ0v) is 18.4. The minimum atomic E-state index is -0.0933. The molecule has 1 aliphatic heterocycles. The fourth-order valence-electron chi connectivity index (χ4n) is 3.90. The molecule has 0 saturated carbocycles. The molecule has 2 aromatic rings. The van der Waals surface area contributed by atoms with Crippen LogP contribution in [0.25, 0.3) is 0 Å². The number of benzene rings is 2. The van der Waals surface area contributed by atoms with Crippen LogP contribution in [0.5, 0.6) is 34.5 Å². The molecule has 30 heavy (non-hydrogen) atoms. The summed E-state index contributed by atoms with van der Waals surface area (Å²) in [6.45, 7) is 4.38. The first kappa shape index (κ1) is 21.9. The quantitative estimate of drug-likeness (QED) is 0.663. The van der Waals surface area contributed by atoms with Crippen LogP contribution in [-0.4, -0.2) is 46.9 Å². The standard InChI is InChI=1S/C23H30O7/c1-13(11-24)14(2)21(15-7-17(25-3)22(28-6)18(8-15)26-4)16-9-19(27-5)23-20(10-16)29-12-30-23/h7-10,13-14,21,24H,11-12H2,1-6H3/t13-,14-,21?/m1/s1. The van der Waals surface area contributed by atoms with Crippen LogP contribution in [0.4, 0.5) is 0 Å². The minimum Gasteiger partial charge on any atom is -0.493 e. The van der Waals surface area contributed by atoms with Gasteiger partial charge >= 0.3 is 0 Å². The first-order valence-corrected chi connectivity index (χ1v) is 9.87. The van der Waals surface area contributed by atoms with Crippen LogP contribution in [-0.2, 0) is 0 Å². The van der Waals surface area contributed by atoms with Crippen molar-refractivity contribution in [2.75, 3.05) is 41.8 Å². The Kier molecular flexibility index (Phi) is 6.82. The van der Waals surface area contributed by atoms with E-state index < -0.39 is 0 Å². The predicted molar refractivity (Wildman–Crippen MR) is 112 cm³/mol. The number of aliphatic hydroxyl groups excluding tert-OH is 1. The number of ether oxygens (including phenoxy) is 6. The van der Waals surface area contributed by atoms with Crippen molar-refractivity contribution < 1.29 is 33.5 Å². The Labute approximate surface area is 177 Å². The highest BCUT2D eigenvalue weighted by atomic mass is 16.7. The third kappa shape index (κ3) is 3.94. The highest BCUT2D eigenvalue weighted by molar-refractivity contribution is 5.59. The maximum Gasteiger partial charge on any atom is 0.231 e. The molecule has 164 valence electrons. The van der Waals surface area contributed by atoms with E-state index >= 15 is 0 Å². The molecule has 0 spiro atoms. The summed E-state index contributed by atoms with van der Waals surface area (Å²) in [6, 6.07) is 7.83. The summed E-state index contributed by atoms with van der Waals surface area (Å²) >= 11 is 0. The lowest BCUT2D eigenvalue weighted by Gasteiger charge is -2.30. The van der Waals surface area contributed by atoms with Gasteiger partial charge in [-0.25, -0.2) is 0 Å². The first-order chi connectivity index (χ1) is 14.5. The molecule has 1 unspecified atom stereocenters. The number of hydrogen-bond donors (Lipinski definition) is 1. The summed E-state index contributed by atoms with van der Waals surface area (Å²) in [5.41, 5.74) is 1.95. The topological polar surface area (TPSA) is 75.6 Å². The molecule has 3 atom stereocenters. The molecule has 0 radical (unpaired) electrons. The lowest BCUT2D eigenvalue weighted by Crippen LogP contribution is -2.21. The summed E-state index contributed by atoms with van der Waals surface area (Å²) < 4.78 is 33.4. The van der Waals surface area contributed by atoms with Crippen molar-refractivity contribution in [3.63, 3.8) is 0 Å². The predicted octanol–water partition coefficient (Wildman–Crippen LogP) is 3.85. The Hall–Kier alpha value is -2.80. The Morgan fingerprint density at radius 3 is 1.93 bits per heavy atom. The van der Waals surface area contributed by atoms with E-state index in [0.29, 0.717) is 34.5 Å². The van der Waals surface area contributed by atoms with E-state index in [-0.39, 0.29) is 31.2 Å². The molecule has 7 heteroatoms. The lowest BCUT2D eigenvalue weighted by atomic mass is 9.76. The molecule has 1 aliphatic rings. The number of fused-ring (bicyclic) bond motifs is 1. The Bertz CT molecular complexity index is 855. The second-order valence-corrected chi connectivity index (χ2v) is 7.41. The average Bonchev–Trinajstić information content (AvgIpc) is 3.25. The highest BCUT2D eigenvalue weighted by Gasteiger charge is 2.31. The van der Waals surface area contributed by atoms with Crippen LogP contribution in [0.3, 0.4) is 0 Å². The summed E-state index contributed by atoms with van der Waals surface area (Å²) in [4.78, 5) is 0. The molecule has 0 aliphatic carbocycles. The van der Waals surface area contributed by atoms with Crippen molar-refractivity contribution in [2.24, 2.45) is 11.8 Å². The van der Waals surface area contributed by atoms with Gasteiger partial charge in [0, 0.05) is 12.5 Å². The van der Waals surface area contributed by atoms with E-state index in [1.54, 1.807) is 28.4 Å². The van der Waals surface area contributed by atoms with Crippen LogP contribution >= 0.6 is 0 Å². The number of methoxy groups -OCH3 is 4. The second kappa shape index (κ2) is 9.34. The minimum absolute atomic E-state index is 0.0468. The van der Waals surface area contributed by atoms with E-state index in [0.717, 1.165) is 11.1 Å².